The van der Waals surface area contributed by atoms with Crippen molar-refractivity contribution in [1.29, 1.82) is 0 Å². The fraction of sp³-hybridized carbons (Fsp3) is 0.583. The van der Waals surface area contributed by atoms with Gasteiger partial charge in [-0.05, 0) is 39.3 Å². The number of nitrogens with two attached hydrogens (primary N) is 1. The lowest BCUT2D eigenvalue weighted by molar-refractivity contribution is 0.00752. The Morgan fingerprint density at radius 3 is 2.62 bits per heavy atom. The first-order valence-corrected chi connectivity index (χ1v) is 6.24. The number of hydrogen-bond donors (Lipinski definition) is 1. The molecule has 16 heavy (non-hydrogen) atoms. The number of hydrogen-bond acceptors (Lipinski definition) is 4. The monoisotopic (exact) mass is 241 g/mol. The van der Waals surface area contributed by atoms with Gasteiger partial charge in [-0.2, -0.15) is 0 Å². The zero-order valence-electron chi connectivity index (χ0n) is 10.2. The van der Waals surface area contributed by atoms with Crippen LogP contribution in [0.4, 0.5) is 0 Å². The summed E-state index contributed by atoms with van der Waals surface area (Å²) in [6, 6.07) is 3.70. The SMILES string of the molecule is CCC(N)c1ccc(C(=O)OC(C)(C)C)s1. The fourth-order valence-corrected chi connectivity index (χ4v) is 2.16. The third kappa shape index (κ3) is 3.61. The molecule has 1 aromatic heterocycles. The molecule has 0 radical (unpaired) electrons. The second kappa shape index (κ2) is 4.97. The van der Waals surface area contributed by atoms with Crippen molar-refractivity contribution in [2.75, 3.05) is 0 Å². The van der Waals surface area contributed by atoms with Crippen LogP contribution in [0.1, 0.15) is 54.7 Å². The van der Waals surface area contributed by atoms with Crippen LogP contribution in [-0.2, 0) is 4.74 Å². The number of thiophene rings is 1. The zero-order valence-corrected chi connectivity index (χ0v) is 11.1. The molecule has 0 aliphatic carbocycles. The second-order valence-electron chi connectivity index (χ2n) is 4.72. The molecule has 4 heteroatoms. The Morgan fingerprint density at radius 2 is 2.12 bits per heavy atom. The highest BCUT2D eigenvalue weighted by Crippen LogP contribution is 2.25. The Labute approximate surface area is 101 Å². The number of carbonyl (C=O) groups is 1. The van der Waals surface area contributed by atoms with E-state index in [9.17, 15) is 4.79 Å². The van der Waals surface area contributed by atoms with Gasteiger partial charge in [0.15, 0.2) is 0 Å². The predicted octanol–water partition coefficient (Wildman–Crippen LogP) is 3.11. The van der Waals surface area contributed by atoms with Crippen molar-refractivity contribution in [3.05, 3.63) is 21.9 Å². The van der Waals surface area contributed by atoms with Gasteiger partial charge in [0.25, 0.3) is 0 Å². The summed E-state index contributed by atoms with van der Waals surface area (Å²) >= 11 is 1.41. The number of ether oxygens (including phenoxy) is 1. The van der Waals surface area contributed by atoms with Crippen LogP contribution in [0.25, 0.3) is 0 Å². The molecule has 1 atom stereocenters. The van der Waals surface area contributed by atoms with Crippen molar-refractivity contribution >= 4 is 17.3 Å². The topological polar surface area (TPSA) is 52.3 Å². The minimum atomic E-state index is -0.450. The maximum atomic E-state index is 11.7. The normalized spacial score (nSPS) is 13.6. The van der Waals surface area contributed by atoms with E-state index in [2.05, 4.69) is 0 Å². The van der Waals surface area contributed by atoms with Crippen LogP contribution in [-0.4, -0.2) is 11.6 Å². The van der Waals surface area contributed by atoms with Crippen LogP contribution >= 0.6 is 11.3 Å². The molecule has 1 rings (SSSR count). The molecule has 0 amide bonds. The van der Waals surface area contributed by atoms with Gasteiger partial charge in [0, 0.05) is 10.9 Å². The highest BCUT2D eigenvalue weighted by atomic mass is 32.1. The largest absolute Gasteiger partial charge is 0.456 e. The van der Waals surface area contributed by atoms with E-state index >= 15 is 0 Å². The first-order valence-electron chi connectivity index (χ1n) is 5.42. The van der Waals surface area contributed by atoms with Gasteiger partial charge in [-0.25, -0.2) is 4.79 Å². The molecule has 1 unspecified atom stereocenters. The van der Waals surface area contributed by atoms with Crippen LogP contribution in [0.3, 0.4) is 0 Å². The molecule has 0 aliphatic rings. The Morgan fingerprint density at radius 1 is 1.50 bits per heavy atom. The lowest BCUT2D eigenvalue weighted by Crippen LogP contribution is -2.23. The molecular formula is C12H19NO2S. The highest BCUT2D eigenvalue weighted by molar-refractivity contribution is 7.14. The van der Waals surface area contributed by atoms with Crippen molar-refractivity contribution in [2.45, 2.75) is 45.8 Å². The number of rotatable bonds is 3. The summed E-state index contributed by atoms with van der Waals surface area (Å²) in [6.45, 7) is 7.60. The Hall–Kier alpha value is -0.870. The van der Waals surface area contributed by atoms with Crippen molar-refractivity contribution in [2.24, 2.45) is 5.73 Å². The maximum absolute atomic E-state index is 11.7. The standard InChI is InChI=1S/C12H19NO2S/c1-5-8(13)9-6-7-10(16-9)11(14)15-12(2,3)4/h6-8H,5,13H2,1-4H3. The van der Waals surface area contributed by atoms with E-state index in [1.807, 2.05) is 33.8 Å². The van der Waals surface area contributed by atoms with Gasteiger partial charge in [-0.1, -0.05) is 6.92 Å². The van der Waals surface area contributed by atoms with E-state index in [0.717, 1.165) is 11.3 Å². The molecule has 2 N–H and O–H groups in total. The van der Waals surface area contributed by atoms with Gasteiger partial charge in [-0.15, -0.1) is 11.3 Å². The molecule has 0 bridgehead atoms. The van der Waals surface area contributed by atoms with Crippen LogP contribution < -0.4 is 5.73 Å². The Bertz CT molecular complexity index is 365. The first kappa shape index (κ1) is 13.2. The van der Waals surface area contributed by atoms with Crippen molar-refractivity contribution in [3.8, 4) is 0 Å². The van der Waals surface area contributed by atoms with Crippen molar-refractivity contribution < 1.29 is 9.53 Å². The summed E-state index contributed by atoms with van der Waals surface area (Å²) in [4.78, 5) is 13.4. The summed E-state index contributed by atoms with van der Waals surface area (Å²) in [5.74, 6) is -0.271. The maximum Gasteiger partial charge on any atom is 0.348 e. The molecule has 1 heterocycles. The number of esters is 1. The van der Waals surface area contributed by atoms with Gasteiger partial charge in [-0.3, -0.25) is 0 Å². The summed E-state index contributed by atoms with van der Waals surface area (Å²) in [5, 5.41) is 0. The molecule has 3 nitrogen and oxygen atoms in total. The average molecular weight is 241 g/mol. The van der Waals surface area contributed by atoms with E-state index in [0.29, 0.717) is 4.88 Å². The van der Waals surface area contributed by atoms with E-state index in [1.54, 1.807) is 6.07 Å². The number of carbonyl (C=O) groups excluding carboxylic acids is 1. The van der Waals surface area contributed by atoms with Crippen LogP contribution in [0.2, 0.25) is 0 Å². The Kier molecular flexibility index (Phi) is 4.10. The summed E-state index contributed by atoms with van der Waals surface area (Å²) in [7, 11) is 0. The molecule has 0 aliphatic heterocycles. The molecule has 0 saturated carbocycles. The summed E-state index contributed by atoms with van der Waals surface area (Å²) in [6.07, 6.45) is 0.869. The minimum absolute atomic E-state index is 0.0150. The van der Waals surface area contributed by atoms with Gasteiger partial charge in [0.2, 0.25) is 0 Å². The minimum Gasteiger partial charge on any atom is -0.456 e. The van der Waals surface area contributed by atoms with Crippen LogP contribution in [0, 0.1) is 0 Å². The Balaban J connectivity index is 2.75. The quantitative estimate of drug-likeness (QED) is 0.827. The van der Waals surface area contributed by atoms with Gasteiger partial charge in [0.1, 0.15) is 10.5 Å². The smallest absolute Gasteiger partial charge is 0.348 e. The fourth-order valence-electron chi connectivity index (χ4n) is 1.19. The van der Waals surface area contributed by atoms with Gasteiger partial charge in [0.05, 0.1) is 0 Å². The third-order valence-electron chi connectivity index (χ3n) is 2.03. The molecule has 90 valence electrons. The van der Waals surface area contributed by atoms with E-state index in [4.69, 9.17) is 10.5 Å². The highest BCUT2D eigenvalue weighted by Gasteiger charge is 2.20. The summed E-state index contributed by atoms with van der Waals surface area (Å²) < 4.78 is 5.28. The van der Waals surface area contributed by atoms with Gasteiger partial charge < -0.3 is 10.5 Å². The lowest BCUT2D eigenvalue weighted by atomic mass is 10.2. The van der Waals surface area contributed by atoms with E-state index in [1.165, 1.54) is 11.3 Å². The molecular weight excluding hydrogens is 222 g/mol. The summed E-state index contributed by atoms with van der Waals surface area (Å²) in [5.41, 5.74) is 5.44. The zero-order chi connectivity index (χ0) is 12.3. The molecule has 0 spiro atoms. The molecule has 0 saturated heterocycles. The molecule has 0 aromatic carbocycles. The predicted molar refractivity (Wildman–Crippen MR) is 66.7 cm³/mol. The third-order valence-corrected chi connectivity index (χ3v) is 3.23. The lowest BCUT2D eigenvalue weighted by Gasteiger charge is -2.18. The van der Waals surface area contributed by atoms with Gasteiger partial charge >= 0.3 is 5.97 Å². The average Bonchev–Trinajstić information content (AvgIpc) is 2.62. The molecule has 0 fully saturated rings. The van der Waals surface area contributed by atoms with E-state index in [-0.39, 0.29) is 12.0 Å². The van der Waals surface area contributed by atoms with Crippen LogP contribution in [0.5, 0.6) is 0 Å². The molecule has 1 aromatic rings. The second-order valence-corrected chi connectivity index (χ2v) is 5.83. The van der Waals surface area contributed by atoms with Crippen molar-refractivity contribution in [3.63, 3.8) is 0 Å². The van der Waals surface area contributed by atoms with Crippen LogP contribution in [0.15, 0.2) is 12.1 Å². The van der Waals surface area contributed by atoms with E-state index < -0.39 is 5.60 Å². The first-order chi connectivity index (χ1) is 7.33. The van der Waals surface area contributed by atoms with Crippen molar-refractivity contribution in [1.82, 2.24) is 0 Å².